The van der Waals surface area contributed by atoms with Crippen LogP contribution < -0.4 is 5.56 Å². The number of aromatic amines is 1. The molecule has 0 amide bonds. The molecule has 0 aromatic carbocycles. The molecule has 2 N–H and O–H groups in total. The number of nitrogens with zero attached hydrogens (tertiary/aromatic N) is 2. The maximum atomic E-state index is 12.3. The number of aromatic nitrogens is 3. The van der Waals surface area contributed by atoms with Gasteiger partial charge in [0.1, 0.15) is 11.6 Å². The van der Waals surface area contributed by atoms with Gasteiger partial charge in [0.15, 0.2) is 0 Å². The quantitative estimate of drug-likeness (QED) is 0.878. The third-order valence-electron chi connectivity index (χ3n) is 3.97. The molecule has 6 heteroatoms. The molecule has 0 atom stereocenters. The largest absolute Gasteiger partial charge is 0.493 e. The van der Waals surface area contributed by atoms with Crippen molar-refractivity contribution in [3.05, 3.63) is 27.4 Å². The summed E-state index contributed by atoms with van der Waals surface area (Å²) in [4.78, 5) is 19.2. The Bertz CT molecular complexity index is 677. The molecule has 1 aliphatic carbocycles. The summed E-state index contributed by atoms with van der Waals surface area (Å²) < 4.78 is 5.07. The van der Waals surface area contributed by atoms with Gasteiger partial charge < -0.3 is 14.6 Å². The van der Waals surface area contributed by atoms with Gasteiger partial charge >= 0.3 is 0 Å². The molecule has 1 aliphatic rings. The highest BCUT2D eigenvalue weighted by Crippen LogP contribution is 2.36. The van der Waals surface area contributed by atoms with E-state index in [1.807, 2.05) is 0 Å². The average molecular weight is 275 g/mol. The minimum Gasteiger partial charge on any atom is -0.493 e. The summed E-state index contributed by atoms with van der Waals surface area (Å²) in [5, 5.41) is 14.0. The third kappa shape index (κ3) is 2.01. The second-order valence-electron chi connectivity index (χ2n) is 5.33. The number of hydrogen-bond donors (Lipinski definition) is 2. The first-order valence-electron chi connectivity index (χ1n) is 6.84. The zero-order chi connectivity index (χ0) is 14.3. The molecular weight excluding hydrogens is 258 g/mol. The fourth-order valence-electron chi connectivity index (χ4n) is 2.99. The van der Waals surface area contributed by atoms with E-state index in [4.69, 9.17) is 4.52 Å². The van der Waals surface area contributed by atoms with Crippen molar-refractivity contribution in [2.45, 2.75) is 45.4 Å². The molecule has 0 spiro atoms. The van der Waals surface area contributed by atoms with E-state index in [1.165, 1.54) is 0 Å². The number of aryl methyl sites for hydroxylation is 2. The van der Waals surface area contributed by atoms with Crippen LogP contribution in [0.3, 0.4) is 0 Å². The Labute approximate surface area is 115 Å². The highest BCUT2D eigenvalue weighted by atomic mass is 16.5. The zero-order valence-electron chi connectivity index (χ0n) is 11.6. The van der Waals surface area contributed by atoms with Crippen LogP contribution in [0.15, 0.2) is 9.32 Å². The van der Waals surface area contributed by atoms with Crippen molar-refractivity contribution in [1.29, 1.82) is 0 Å². The molecule has 106 valence electrons. The number of nitrogens with one attached hydrogen (secondary N) is 1. The number of rotatable bonds is 2. The van der Waals surface area contributed by atoms with Gasteiger partial charge in [0.25, 0.3) is 5.56 Å². The Hall–Kier alpha value is -2.11. The highest BCUT2D eigenvalue weighted by molar-refractivity contribution is 5.60. The Morgan fingerprint density at radius 3 is 2.55 bits per heavy atom. The summed E-state index contributed by atoms with van der Waals surface area (Å²) in [6, 6.07) is 0. The second kappa shape index (κ2) is 4.77. The van der Waals surface area contributed by atoms with E-state index < -0.39 is 0 Å². The van der Waals surface area contributed by atoms with Crippen LogP contribution in [0, 0.1) is 13.8 Å². The predicted octanol–water partition coefficient (Wildman–Crippen LogP) is 2.40. The minimum absolute atomic E-state index is 0.116. The Morgan fingerprint density at radius 2 is 2.00 bits per heavy atom. The van der Waals surface area contributed by atoms with Crippen LogP contribution in [-0.2, 0) is 0 Å². The van der Waals surface area contributed by atoms with E-state index in [1.54, 1.807) is 13.8 Å². The van der Waals surface area contributed by atoms with Gasteiger partial charge in [0.05, 0.1) is 16.8 Å². The SMILES string of the molecule is Cc1noc(C)c1-c1nc(O)c(C2CCCC2)c(=O)[nH]1. The monoisotopic (exact) mass is 275 g/mol. The van der Waals surface area contributed by atoms with Crippen LogP contribution in [-0.4, -0.2) is 20.2 Å². The highest BCUT2D eigenvalue weighted by Gasteiger charge is 2.25. The first kappa shape index (κ1) is 12.9. The van der Waals surface area contributed by atoms with Crippen LogP contribution in [0.2, 0.25) is 0 Å². The van der Waals surface area contributed by atoms with Crippen molar-refractivity contribution in [2.24, 2.45) is 0 Å². The smallest absolute Gasteiger partial charge is 0.258 e. The second-order valence-corrected chi connectivity index (χ2v) is 5.33. The summed E-state index contributed by atoms with van der Waals surface area (Å²) in [5.74, 6) is 0.824. The van der Waals surface area contributed by atoms with Crippen molar-refractivity contribution in [2.75, 3.05) is 0 Å². The molecule has 1 saturated carbocycles. The molecule has 20 heavy (non-hydrogen) atoms. The Balaban J connectivity index is 2.10. The molecule has 6 nitrogen and oxygen atoms in total. The number of aromatic hydroxyl groups is 1. The molecule has 2 aromatic rings. The molecule has 1 fully saturated rings. The van der Waals surface area contributed by atoms with Gasteiger partial charge in [0.2, 0.25) is 5.88 Å². The zero-order valence-corrected chi connectivity index (χ0v) is 11.6. The van der Waals surface area contributed by atoms with E-state index in [9.17, 15) is 9.90 Å². The molecule has 2 aromatic heterocycles. The standard InChI is InChI=1S/C14H17N3O3/c1-7-10(8(2)20-17-7)12-15-13(18)11(14(19)16-12)9-5-3-4-6-9/h9H,3-6H2,1-2H3,(H2,15,16,18,19). The fraction of sp³-hybridized carbons (Fsp3) is 0.500. The molecule has 3 rings (SSSR count). The summed E-state index contributed by atoms with van der Waals surface area (Å²) in [6.07, 6.45) is 4.05. The summed E-state index contributed by atoms with van der Waals surface area (Å²) in [7, 11) is 0. The van der Waals surface area contributed by atoms with Gasteiger partial charge in [-0.1, -0.05) is 18.0 Å². The van der Waals surface area contributed by atoms with Gasteiger partial charge in [0, 0.05) is 0 Å². The van der Waals surface area contributed by atoms with Crippen molar-refractivity contribution in [3.63, 3.8) is 0 Å². The average Bonchev–Trinajstić information content (AvgIpc) is 2.99. The summed E-state index contributed by atoms with van der Waals surface area (Å²) >= 11 is 0. The molecule has 0 bridgehead atoms. The van der Waals surface area contributed by atoms with Gasteiger partial charge in [-0.3, -0.25) is 4.79 Å². The maximum absolute atomic E-state index is 12.3. The topological polar surface area (TPSA) is 92.0 Å². The Morgan fingerprint density at radius 1 is 1.30 bits per heavy atom. The van der Waals surface area contributed by atoms with Crippen molar-refractivity contribution in [1.82, 2.24) is 15.1 Å². The first-order chi connectivity index (χ1) is 9.58. The molecule has 2 heterocycles. The van der Waals surface area contributed by atoms with Crippen molar-refractivity contribution >= 4 is 0 Å². The minimum atomic E-state index is -0.264. The summed E-state index contributed by atoms with van der Waals surface area (Å²) in [5.41, 5.74) is 1.42. The lowest BCUT2D eigenvalue weighted by Crippen LogP contribution is -2.17. The van der Waals surface area contributed by atoms with Crippen LogP contribution in [0.4, 0.5) is 0 Å². The van der Waals surface area contributed by atoms with Crippen molar-refractivity contribution in [3.8, 4) is 17.3 Å². The van der Waals surface area contributed by atoms with Crippen molar-refractivity contribution < 1.29 is 9.63 Å². The van der Waals surface area contributed by atoms with Crippen LogP contribution >= 0.6 is 0 Å². The number of hydrogen-bond acceptors (Lipinski definition) is 5. The first-order valence-corrected chi connectivity index (χ1v) is 6.84. The molecule has 0 radical (unpaired) electrons. The van der Waals surface area contributed by atoms with Crippen LogP contribution in [0.25, 0.3) is 11.4 Å². The summed E-state index contributed by atoms with van der Waals surface area (Å²) in [6.45, 7) is 3.52. The van der Waals surface area contributed by atoms with Gasteiger partial charge in [-0.05, 0) is 32.6 Å². The number of H-pyrrole nitrogens is 1. The molecule has 0 unspecified atom stereocenters. The van der Waals surface area contributed by atoms with Gasteiger partial charge in [-0.25, -0.2) is 0 Å². The maximum Gasteiger partial charge on any atom is 0.258 e. The van der Waals surface area contributed by atoms with Crippen LogP contribution in [0.1, 0.15) is 48.6 Å². The van der Waals surface area contributed by atoms with E-state index in [0.717, 1.165) is 25.7 Å². The lowest BCUT2D eigenvalue weighted by molar-refractivity contribution is 0.393. The van der Waals surface area contributed by atoms with E-state index in [0.29, 0.717) is 28.4 Å². The van der Waals surface area contributed by atoms with E-state index in [-0.39, 0.29) is 17.4 Å². The normalized spacial score (nSPS) is 15.9. The predicted molar refractivity (Wildman–Crippen MR) is 72.7 cm³/mol. The lowest BCUT2D eigenvalue weighted by Gasteiger charge is -2.10. The van der Waals surface area contributed by atoms with Gasteiger partial charge in [-0.15, -0.1) is 0 Å². The van der Waals surface area contributed by atoms with Crippen LogP contribution in [0.5, 0.6) is 5.88 Å². The lowest BCUT2D eigenvalue weighted by atomic mass is 10.00. The molecular formula is C14H17N3O3. The fourth-order valence-corrected chi connectivity index (χ4v) is 2.99. The molecule has 0 aliphatic heterocycles. The van der Waals surface area contributed by atoms with E-state index >= 15 is 0 Å². The van der Waals surface area contributed by atoms with E-state index in [2.05, 4.69) is 15.1 Å². The van der Waals surface area contributed by atoms with Gasteiger partial charge in [-0.2, -0.15) is 4.98 Å². The Kier molecular flexibility index (Phi) is 3.08. The third-order valence-corrected chi connectivity index (χ3v) is 3.97. The molecule has 0 saturated heterocycles.